The SMILES string of the molecule is COC[C@H](CCC(=O)OCc1ccccc1)NCC1CC1. The summed E-state index contributed by atoms with van der Waals surface area (Å²) in [7, 11) is 1.69. The van der Waals surface area contributed by atoms with Crippen molar-refractivity contribution in [2.45, 2.75) is 38.3 Å². The van der Waals surface area contributed by atoms with E-state index in [9.17, 15) is 4.79 Å². The lowest BCUT2D eigenvalue weighted by atomic mass is 10.1. The molecule has 1 atom stereocenters. The van der Waals surface area contributed by atoms with Crippen LogP contribution < -0.4 is 5.32 Å². The van der Waals surface area contributed by atoms with Gasteiger partial charge in [0.05, 0.1) is 6.61 Å². The fraction of sp³-hybridized carbons (Fsp3) is 0.588. The van der Waals surface area contributed by atoms with Crippen LogP contribution in [0, 0.1) is 5.92 Å². The molecule has 0 spiro atoms. The molecule has 0 heterocycles. The molecule has 21 heavy (non-hydrogen) atoms. The molecule has 0 saturated heterocycles. The van der Waals surface area contributed by atoms with Gasteiger partial charge in [-0.1, -0.05) is 30.3 Å². The van der Waals surface area contributed by atoms with Crippen LogP contribution >= 0.6 is 0 Å². The number of nitrogens with one attached hydrogen (secondary N) is 1. The summed E-state index contributed by atoms with van der Waals surface area (Å²) in [5.41, 5.74) is 1.02. The largest absolute Gasteiger partial charge is 0.461 e. The van der Waals surface area contributed by atoms with Crippen molar-refractivity contribution in [3.05, 3.63) is 35.9 Å². The smallest absolute Gasteiger partial charge is 0.306 e. The summed E-state index contributed by atoms with van der Waals surface area (Å²) in [4.78, 5) is 11.8. The van der Waals surface area contributed by atoms with Gasteiger partial charge in [0.15, 0.2) is 0 Å². The molecule has 0 radical (unpaired) electrons. The van der Waals surface area contributed by atoms with Crippen LogP contribution in [-0.4, -0.2) is 32.3 Å². The number of carbonyl (C=O) groups is 1. The molecule has 1 fully saturated rings. The molecule has 4 heteroatoms. The number of ether oxygens (including phenoxy) is 2. The summed E-state index contributed by atoms with van der Waals surface area (Å²) in [6.45, 7) is 2.02. The molecule has 1 aromatic rings. The normalized spacial score (nSPS) is 15.7. The van der Waals surface area contributed by atoms with E-state index in [4.69, 9.17) is 9.47 Å². The van der Waals surface area contributed by atoms with Gasteiger partial charge < -0.3 is 14.8 Å². The van der Waals surface area contributed by atoms with Crippen LogP contribution in [0.4, 0.5) is 0 Å². The van der Waals surface area contributed by atoms with Gasteiger partial charge in [-0.3, -0.25) is 4.79 Å². The maximum atomic E-state index is 11.8. The number of methoxy groups -OCH3 is 1. The predicted octanol–water partition coefficient (Wildman–Crippen LogP) is 2.52. The Bertz CT molecular complexity index is 417. The van der Waals surface area contributed by atoms with Gasteiger partial charge in [-0.05, 0) is 37.3 Å². The second kappa shape index (κ2) is 8.80. The van der Waals surface area contributed by atoms with Gasteiger partial charge in [0.2, 0.25) is 0 Å². The van der Waals surface area contributed by atoms with E-state index in [1.807, 2.05) is 30.3 Å². The summed E-state index contributed by atoms with van der Waals surface area (Å²) in [6, 6.07) is 9.99. The first-order chi connectivity index (χ1) is 10.3. The lowest BCUT2D eigenvalue weighted by Crippen LogP contribution is -2.35. The average molecular weight is 291 g/mol. The lowest BCUT2D eigenvalue weighted by molar-refractivity contribution is -0.145. The van der Waals surface area contributed by atoms with E-state index in [1.165, 1.54) is 12.8 Å². The highest BCUT2D eigenvalue weighted by atomic mass is 16.5. The first-order valence-electron chi connectivity index (χ1n) is 7.70. The Labute approximate surface area is 126 Å². The molecule has 1 saturated carbocycles. The molecule has 1 aliphatic carbocycles. The molecule has 1 N–H and O–H groups in total. The average Bonchev–Trinajstić information content (AvgIpc) is 3.33. The predicted molar refractivity (Wildman–Crippen MR) is 81.9 cm³/mol. The van der Waals surface area contributed by atoms with Crippen LogP contribution in [0.5, 0.6) is 0 Å². The zero-order valence-corrected chi connectivity index (χ0v) is 12.7. The van der Waals surface area contributed by atoms with Crippen LogP contribution in [0.2, 0.25) is 0 Å². The first-order valence-corrected chi connectivity index (χ1v) is 7.70. The maximum absolute atomic E-state index is 11.8. The quantitative estimate of drug-likeness (QED) is 0.673. The highest BCUT2D eigenvalue weighted by molar-refractivity contribution is 5.69. The third-order valence-electron chi connectivity index (χ3n) is 3.70. The maximum Gasteiger partial charge on any atom is 0.306 e. The number of carbonyl (C=O) groups excluding carboxylic acids is 1. The molecule has 1 aliphatic rings. The second-order valence-corrected chi connectivity index (χ2v) is 5.69. The van der Waals surface area contributed by atoms with Crippen LogP contribution in [-0.2, 0) is 20.9 Å². The molecular weight excluding hydrogens is 266 g/mol. The van der Waals surface area contributed by atoms with Crippen LogP contribution in [0.3, 0.4) is 0 Å². The molecule has 116 valence electrons. The van der Waals surface area contributed by atoms with Gasteiger partial charge >= 0.3 is 5.97 Å². The van der Waals surface area contributed by atoms with Crippen LogP contribution in [0.1, 0.15) is 31.2 Å². The van der Waals surface area contributed by atoms with Crippen molar-refractivity contribution < 1.29 is 14.3 Å². The van der Waals surface area contributed by atoms with Crippen molar-refractivity contribution in [3.8, 4) is 0 Å². The minimum absolute atomic E-state index is 0.145. The Morgan fingerprint density at radius 1 is 1.33 bits per heavy atom. The molecule has 1 aromatic carbocycles. The van der Waals surface area contributed by atoms with Gasteiger partial charge in [0, 0.05) is 19.6 Å². The van der Waals surface area contributed by atoms with E-state index in [0.29, 0.717) is 19.6 Å². The Kier molecular flexibility index (Phi) is 6.70. The van der Waals surface area contributed by atoms with E-state index in [2.05, 4.69) is 5.32 Å². The summed E-state index contributed by atoms with van der Waals surface area (Å²) >= 11 is 0. The highest BCUT2D eigenvalue weighted by Crippen LogP contribution is 2.27. The fourth-order valence-corrected chi connectivity index (χ4v) is 2.20. The van der Waals surface area contributed by atoms with Crippen molar-refractivity contribution in [1.82, 2.24) is 5.32 Å². The summed E-state index contributed by atoms with van der Waals surface area (Å²) in [6.07, 6.45) is 3.84. The number of benzene rings is 1. The van der Waals surface area contributed by atoms with E-state index in [0.717, 1.165) is 24.4 Å². The van der Waals surface area contributed by atoms with Crippen molar-refractivity contribution in [2.75, 3.05) is 20.3 Å². The van der Waals surface area contributed by atoms with Crippen molar-refractivity contribution in [1.29, 1.82) is 0 Å². The third kappa shape index (κ3) is 6.74. The van der Waals surface area contributed by atoms with E-state index >= 15 is 0 Å². The molecule has 0 amide bonds. The number of hydrogen-bond acceptors (Lipinski definition) is 4. The van der Waals surface area contributed by atoms with Gasteiger partial charge in [-0.2, -0.15) is 0 Å². The third-order valence-corrected chi connectivity index (χ3v) is 3.70. The molecule has 0 aromatic heterocycles. The van der Waals surface area contributed by atoms with E-state index in [1.54, 1.807) is 7.11 Å². The fourth-order valence-electron chi connectivity index (χ4n) is 2.20. The molecular formula is C17H25NO3. The van der Waals surface area contributed by atoms with Gasteiger partial charge in [-0.25, -0.2) is 0 Å². The molecule has 2 rings (SSSR count). The zero-order valence-electron chi connectivity index (χ0n) is 12.7. The van der Waals surface area contributed by atoms with Gasteiger partial charge in [0.25, 0.3) is 0 Å². The van der Waals surface area contributed by atoms with Crippen LogP contribution in [0.25, 0.3) is 0 Å². The minimum atomic E-state index is -0.145. The number of rotatable bonds is 10. The molecule has 0 bridgehead atoms. The van der Waals surface area contributed by atoms with E-state index in [-0.39, 0.29) is 12.0 Å². The minimum Gasteiger partial charge on any atom is -0.461 e. The summed E-state index contributed by atoms with van der Waals surface area (Å²) in [5.74, 6) is 0.683. The number of esters is 1. The number of hydrogen-bond donors (Lipinski definition) is 1. The van der Waals surface area contributed by atoms with Crippen molar-refractivity contribution >= 4 is 5.97 Å². The Hall–Kier alpha value is -1.39. The zero-order chi connectivity index (χ0) is 14.9. The lowest BCUT2D eigenvalue weighted by Gasteiger charge is -2.17. The Morgan fingerprint density at radius 2 is 2.10 bits per heavy atom. The van der Waals surface area contributed by atoms with Gasteiger partial charge in [0.1, 0.15) is 6.61 Å². The first kappa shape index (κ1) is 16.0. The summed E-state index contributed by atoms with van der Waals surface area (Å²) < 4.78 is 10.5. The Morgan fingerprint density at radius 3 is 2.76 bits per heavy atom. The molecule has 4 nitrogen and oxygen atoms in total. The second-order valence-electron chi connectivity index (χ2n) is 5.69. The Balaban J connectivity index is 1.63. The van der Waals surface area contributed by atoms with E-state index < -0.39 is 0 Å². The van der Waals surface area contributed by atoms with Gasteiger partial charge in [-0.15, -0.1) is 0 Å². The highest BCUT2D eigenvalue weighted by Gasteiger charge is 2.22. The monoisotopic (exact) mass is 291 g/mol. The van der Waals surface area contributed by atoms with Crippen LogP contribution in [0.15, 0.2) is 30.3 Å². The molecule has 0 unspecified atom stereocenters. The molecule has 0 aliphatic heterocycles. The standard InChI is InChI=1S/C17H25NO3/c1-20-13-16(18-11-14-7-8-14)9-10-17(19)21-12-15-5-3-2-4-6-15/h2-6,14,16,18H,7-13H2,1H3/t16-/m0/s1. The topological polar surface area (TPSA) is 47.6 Å². The van der Waals surface area contributed by atoms with Crippen molar-refractivity contribution in [3.63, 3.8) is 0 Å². The van der Waals surface area contributed by atoms with Crippen molar-refractivity contribution in [2.24, 2.45) is 5.92 Å². The summed E-state index contributed by atoms with van der Waals surface area (Å²) in [5, 5.41) is 3.48.